The molecule has 0 atom stereocenters. The molecule has 0 amide bonds. The predicted octanol–water partition coefficient (Wildman–Crippen LogP) is 1.52. The third-order valence-electron chi connectivity index (χ3n) is 1.79. The third kappa shape index (κ3) is 0.955. The summed E-state index contributed by atoms with van der Waals surface area (Å²) >= 11 is 0. The summed E-state index contributed by atoms with van der Waals surface area (Å²) in [7, 11) is 0. The molecule has 0 bridgehead atoms. The lowest BCUT2D eigenvalue weighted by Gasteiger charge is -2.00. The Morgan fingerprint density at radius 2 is 2.08 bits per heavy atom. The highest BCUT2D eigenvalue weighted by Crippen LogP contribution is 2.25. The van der Waals surface area contributed by atoms with Crippen LogP contribution in [-0.2, 0) is 0 Å². The van der Waals surface area contributed by atoms with Gasteiger partial charge in [0.05, 0.1) is 5.69 Å². The van der Waals surface area contributed by atoms with Crippen molar-refractivity contribution in [3.8, 4) is 5.75 Å². The molecule has 0 aliphatic heterocycles. The van der Waals surface area contributed by atoms with E-state index in [4.69, 9.17) is 5.73 Å². The maximum absolute atomic E-state index is 9.26. The number of hydrogen-bond acceptors (Lipinski definition) is 3. The van der Waals surface area contributed by atoms with Crippen molar-refractivity contribution in [3.05, 3.63) is 30.6 Å². The lowest BCUT2D eigenvalue weighted by molar-refractivity contribution is 0.479. The molecule has 0 fully saturated rings. The number of aromatic nitrogens is 1. The van der Waals surface area contributed by atoms with Crippen LogP contribution in [0.25, 0.3) is 10.8 Å². The van der Waals surface area contributed by atoms with Gasteiger partial charge >= 0.3 is 0 Å². The number of anilines is 1. The first-order valence-corrected chi connectivity index (χ1v) is 3.59. The number of phenolic OH excluding ortho intramolecular Hbond substituents is 1. The monoisotopic (exact) mass is 160 g/mol. The summed E-state index contributed by atoms with van der Waals surface area (Å²) in [6.45, 7) is 0. The number of nitrogens with zero attached hydrogens (tertiary/aromatic N) is 1. The van der Waals surface area contributed by atoms with Crippen molar-refractivity contribution in [1.29, 1.82) is 0 Å². The van der Waals surface area contributed by atoms with Gasteiger partial charge in [0.1, 0.15) is 5.75 Å². The van der Waals surface area contributed by atoms with Gasteiger partial charge in [0.15, 0.2) is 0 Å². The molecule has 0 spiro atoms. The molecule has 0 radical (unpaired) electrons. The summed E-state index contributed by atoms with van der Waals surface area (Å²) in [5, 5.41) is 11.1. The number of pyridine rings is 1. The maximum Gasteiger partial charge on any atom is 0.139 e. The first-order chi connectivity index (χ1) is 5.77. The number of aromatic hydroxyl groups is 1. The number of fused-ring (bicyclic) bond motifs is 1. The molecule has 2 aromatic rings. The molecule has 0 aliphatic carbocycles. The molecule has 0 saturated heterocycles. The van der Waals surface area contributed by atoms with E-state index < -0.39 is 0 Å². The Balaban J connectivity index is 2.84. The van der Waals surface area contributed by atoms with Gasteiger partial charge < -0.3 is 10.8 Å². The number of nitrogen functional groups attached to an aromatic ring is 1. The van der Waals surface area contributed by atoms with Crippen molar-refractivity contribution < 1.29 is 5.11 Å². The highest BCUT2D eigenvalue weighted by molar-refractivity contribution is 5.87. The van der Waals surface area contributed by atoms with Gasteiger partial charge in [-0.05, 0) is 23.6 Å². The number of rotatable bonds is 0. The zero-order valence-corrected chi connectivity index (χ0v) is 6.36. The molecule has 1 aromatic heterocycles. The lowest BCUT2D eigenvalue weighted by atomic mass is 10.1. The molecule has 0 unspecified atom stereocenters. The SMILES string of the molecule is Nc1cc2ccncc2cc1O. The van der Waals surface area contributed by atoms with E-state index in [1.54, 1.807) is 24.5 Å². The highest BCUT2D eigenvalue weighted by atomic mass is 16.3. The summed E-state index contributed by atoms with van der Waals surface area (Å²) in [4.78, 5) is 3.93. The topological polar surface area (TPSA) is 59.1 Å². The van der Waals surface area contributed by atoms with Crippen LogP contribution in [0.4, 0.5) is 5.69 Å². The Morgan fingerprint density at radius 1 is 1.25 bits per heavy atom. The lowest BCUT2D eigenvalue weighted by Crippen LogP contribution is -1.85. The van der Waals surface area contributed by atoms with Crippen LogP contribution in [-0.4, -0.2) is 10.1 Å². The van der Waals surface area contributed by atoms with E-state index in [2.05, 4.69) is 4.98 Å². The van der Waals surface area contributed by atoms with Crippen molar-refractivity contribution >= 4 is 16.5 Å². The Kier molecular flexibility index (Phi) is 1.37. The molecule has 3 heteroatoms. The summed E-state index contributed by atoms with van der Waals surface area (Å²) < 4.78 is 0. The van der Waals surface area contributed by atoms with E-state index in [0.29, 0.717) is 5.69 Å². The Hall–Kier alpha value is -1.77. The van der Waals surface area contributed by atoms with E-state index in [1.165, 1.54) is 0 Å². The van der Waals surface area contributed by atoms with Crippen LogP contribution < -0.4 is 5.73 Å². The van der Waals surface area contributed by atoms with Gasteiger partial charge in [0, 0.05) is 17.8 Å². The minimum absolute atomic E-state index is 0.107. The minimum Gasteiger partial charge on any atom is -0.506 e. The van der Waals surface area contributed by atoms with E-state index >= 15 is 0 Å². The molecular formula is C9H8N2O. The van der Waals surface area contributed by atoms with Crippen molar-refractivity contribution in [3.63, 3.8) is 0 Å². The maximum atomic E-state index is 9.26. The standard InChI is InChI=1S/C9H8N2O/c10-8-3-6-1-2-11-5-7(6)4-9(8)12/h1-5,12H,10H2. The summed E-state index contributed by atoms with van der Waals surface area (Å²) in [6.07, 6.45) is 3.38. The predicted molar refractivity (Wildman–Crippen MR) is 47.8 cm³/mol. The Bertz CT molecular complexity index is 385. The zero-order chi connectivity index (χ0) is 8.55. The van der Waals surface area contributed by atoms with Crippen molar-refractivity contribution in [2.45, 2.75) is 0 Å². The average Bonchev–Trinajstić information content (AvgIpc) is 2.07. The fraction of sp³-hybridized carbons (Fsp3) is 0. The third-order valence-corrected chi connectivity index (χ3v) is 1.79. The number of phenols is 1. The first-order valence-electron chi connectivity index (χ1n) is 3.59. The average molecular weight is 160 g/mol. The fourth-order valence-corrected chi connectivity index (χ4v) is 1.14. The van der Waals surface area contributed by atoms with E-state index in [-0.39, 0.29) is 5.75 Å². The highest BCUT2D eigenvalue weighted by Gasteiger charge is 1.98. The van der Waals surface area contributed by atoms with Crippen molar-refractivity contribution in [2.75, 3.05) is 5.73 Å². The van der Waals surface area contributed by atoms with Crippen LogP contribution in [0, 0.1) is 0 Å². The normalized spacial score (nSPS) is 10.3. The Labute approximate surface area is 69.5 Å². The van der Waals surface area contributed by atoms with Gasteiger partial charge in [-0.25, -0.2) is 0 Å². The Morgan fingerprint density at radius 3 is 2.92 bits per heavy atom. The molecule has 12 heavy (non-hydrogen) atoms. The van der Waals surface area contributed by atoms with E-state index in [9.17, 15) is 5.11 Å². The smallest absolute Gasteiger partial charge is 0.139 e. The summed E-state index contributed by atoms with van der Waals surface area (Å²) in [5.74, 6) is 0.107. The van der Waals surface area contributed by atoms with Crippen LogP contribution in [0.15, 0.2) is 30.6 Å². The summed E-state index contributed by atoms with van der Waals surface area (Å²) in [5.41, 5.74) is 5.91. The zero-order valence-electron chi connectivity index (χ0n) is 6.36. The first kappa shape index (κ1) is 6.91. The molecule has 1 aromatic carbocycles. The molecule has 2 rings (SSSR count). The van der Waals surface area contributed by atoms with Crippen LogP contribution in [0.2, 0.25) is 0 Å². The minimum atomic E-state index is 0.107. The molecule has 3 N–H and O–H groups in total. The van der Waals surface area contributed by atoms with Gasteiger partial charge in [-0.3, -0.25) is 4.98 Å². The van der Waals surface area contributed by atoms with Gasteiger partial charge in [-0.15, -0.1) is 0 Å². The van der Waals surface area contributed by atoms with Crippen LogP contribution in [0.3, 0.4) is 0 Å². The van der Waals surface area contributed by atoms with Gasteiger partial charge in [0.25, 0.3) is 0 Å². The van der Waals surface area contributed by atoms with Crippen LogP contribution in [0.1, 0.15) is 0 Å². The van der Waals surface area contributed by atoms with Gasteiger partial charge in [-0.2, -0.15) is 0 Å². The molecule has 3 nitrogen and oxygen atoms in total. The number of hydrogen-bond donors (Lipinski definition) is 2. The molecule has 60 valence electrons. The molecule has 1 heterocycles. The van der Waals surface area contributed by atoms with Gasteiger partial charge in [0.2, 0.25) is 0 Å². The second-order valence-electron chi connectivity index (χ2n) is 2.63. The van der Waals surface area contributed by atoms with Gasteiger partial charge in [-0.1, -0.05) is 0 Å². The van der Waals surface area contributed by atoms with Crippen LogP contribution >= 0.6 is 0 Å². The summed E-state index contributed by atoms with van der Waals surface area (Å²) in [6, 6.07) is 5.19. The van der Waals surface area contributed by atoms with E-state index in [1.807, 2.05) is 6.07 Å². The number of nitrogens with two attached hydrogens (primary N) is 1. The molecular weight excluding hydrogens is 152 g/mol. The van der Waals surface area contributed by atoms with Crippen molar-refractivity contribution in [2.24, 2.45) is 0 Å². The number of benzene rings is 1. The molecule has 0 aliphatic rings. The quantitative estimate of drug-likeness (QED) is 0.453. The van der Waals surface area contributed by atoms with Crippen molar-refractivity contribution in [1.82, 2.24) is 4.98 Å². The largest absolute Gasteiger partial charge is 0.506 e. The second-order valence-corrected chi connectivity index (χ2v) is 2.63. The van der Waals surface area contributed by atoms with E-state index in [0.717, 1.165) is 10.8 Å². The van der Waals surface area contributed by atoms with Crippen LogP contribution in [0.5, 0.6) is 5.75 Å². The fourth-order valence-electron chi connectivity index (χ4n) is 1.14. The second kappa shape index (κ2) is 2.37. The molecule has 0 saturated carbocycles.